The van der Waals surface area contributed by atoms with Crippen molar-refractivity contribution in [3.05, 3.63) is 51.2 Å². The van der Waals surface area contributed by atoms with Gasteiger partial charge in [-0.05, 0) is 60.9 Å². The molecule has 4 heteroatoms. The summed E-state index contributed by atoms with van der Waals surface area (Å²) in [6.45, 7) is 1.96. The molecular weight excluding hydrogens is 286 g/mol. The summed E-state index contributed by atoms with van der Waals surface area (Å²) in [6.07, 6.45) is 3.31. The van der Waals surface area contributed by atoms with Crippen LogP contribution in [-0.2, 0) is 6.42 Å². The Kier molecular flexibility index (Phi) is 3.85. The Labute approximate surface area is 128 Å². The third-order valence-electron chi connectivity index (χ3n) is 3.82. The molecule has 0 fully saturated rings. The summed E-state index contributed by atoms with van der Waals surface area (Å²) in [6, 6.07) is 7.98. The van der Waals surface area contributed by atoms with Crippen LogP contribution in [0, 0.1) is 6.92 Å². The third-order valence-corrected chi connectivity index (χ3v) is 5.10. The predicted octanol–water partition coefficient (Wildman–Crippen LogP) is 4.15. The van der Waals surface area contributed by atoms with E-state index in [0.717, 1.165) is 35.3 Å². The van der Waals surface area contributed by atoms with Gasteiger partial charge in [0, 0.05) is 15.3 Å². The molecule has 104 valence electrons. The lowest BCUT2D eigenvalue weighted by atomic mass is 9.93. The maximum Gasteiger partial charge on any atom is 0.252 e. The molecule has 2 aromatic rings. The van der Waals surface area contributed by atoms with Crippen LogP contribution in [0.5, 0.6) is 0 Å². The molecule has 1 heterocycles. The minimum Gasteiger partial charge on any atom is -0.345 e. The SMILES string of the molecule is Cc1ccc(S)cc1C(=O)NC1CCCc2sccc21. The zero-order valence-corrected chi connectivity index (χ0v) is 13.1. The Bertz CT molecular complexity index is 648. The van der Waals surface area contributed by atoms with Crippen LogP contribution in [0.2, 0.25) is 0 Å². The summed E-state index contributed by atoms with van der Waals surface area (Å²) < 4.78 is 0. The molecule has 1 N–H and O–H groups in total. The van der Waals surface area contributed by atoms with Crippen molar-refractivity contribution in [2.75, 3.05) is 0 Å². The number of rotatable bonds is 2. The summed E-state index contributed by atoms with van der Waals surface area (Å²) >= 11 is 6.11. The monoisotopic (exact) mass is 303 g/mol. The Morgan fingerprint density at radius 1 is 1.40 bits per heavy atom. The highest BCUT2D eigenvalue weighted by Gasteiger charge is 2.23. The van der Waals surface area contributed by atoms with E-state index in [1.54, 1.807) is 11.3 Å². The molecule has 1 aliphatic rings. The highest BCUT2D eigenvalue weighted by atomic mass is 32.1. The van der Waals surface area contributed by atoms with Gasteiger partial charge in [0.2, 0.25) is 0 Å². The molecule has 20 heavy (non-hydrogen) atoms. The minimum atomic E-state index is 0.00227. The number of carbonyl (C=O) groups excluding carboxylic acids is 1. The third kappa shape index (κ3) is 2.63. The number of nitrogens with one attached hydrogen (secondary N) is 1. The molecule has 0 radical (unpaired) electrons. The van der Waals surface area contributed by atoms with Crippen LogP contribution in [-0.4, -0.2) is 5.91 Å². The van der Waals surface area contributed by atoms with E-state index in [1.807, 2.05) is 25.1 Å². The van der Waals surface area contributed by atoms with Crippen LogP contribution in [0.4, 0.5) is 0 Å². The summed E-state index contributed by atoms with van der Waals surface area (Å²) in [5.74, 6) is 0.00227. The van der Waals surface area contributed by atoms with Gasteiger partial charge in [-0.1, -0.05) is 6.07 Å². The second-order valence-corrected chi connectivity index (χ2v) is 6.73. The molecule has 1 atom stereocenters. The normalized spacial score (nSPS) is 17.6. The molecule has 1 unspecified atom stereocenters. The van der Waals surface area contributed by atoms with Gasteiger partial charge in [0.15, 0.2) is 0 Å². The quantitative estimate of drug-likeness (QED) is 0.802. The first-order valence-corrected chi connectivity index (χ1v) is 8.14. The second kappa shape index (κ2) is 5.62. The van der Waals surface area contributed by atoms with Gasteiger partial charge >= 0.3 is 0 Å². The first kappa shape index (κ1) is 13.7. The fourth-order valence-electron chi connectivity index (χ4n) is 2.73. The number of amides is 1. The average Bonchev–Trinajstić information content (AvgIpc) is 2.91. The zero-order chi connectivity index (χ0) is 14.1. The molecule has 1 aromatic heterocycles. The first-order valence-electron chi connectivity index (χ1n) is 6.82. The number of hydrogen-bond donors (Lipinski definition) is 2. The van der Waals surface area contributed by atoms with Gasteiger partial charge < -0.3 is 5.32 Å². The topological polar surface area (TPSA) is 29.1 Å². The van der Waals surface area contributed by atoms with Gasteiger partial charge in [-0.2, -0.15) is 0 Å². The Morgan fingerprint density at radius 2 is 2.25 bits per heavy atom. The largest absolute Gasteiger partial charge is 0.345 e. The average molecular weight is 303 g/mol. The van der Waals surface area contributed by atoms with Gasteiger partial charge in [0.1, 0.15) is 0 Å². The smallest absolute Gasteiger partial charge is 0.252 e. The number of benzene rings is 1. The molecule has 1 aliphatic carbocycles. The zero-order valence-electron chi connectivity index (χ0n) is 11.3. The molecule has 3 rings (SSSR count). The van der Waals surface area contributed by atoms with Crippen LogP contribution in [0.15, 0.2) is 34.5 Å². The summed E-state index contributed by atoms with van der Waals surface area (Å²) in [5, 5.41) is 5.30. The van der Waals surface area contributed by atoms with Crippen LogP contribution in [0.1, 0.15) is 45.2 Å². The summed E-state index contributed by atoms with van der Waals surface area (Å²) in [5.41, 5.74) is 3.01. The van der Waals surface area contributed by atoms with Crippen molar-refractivity contribution in [2.24, 2.45) is 0 Å². The molecule has 0 spiro atoms. The predicted molar refractivity (Wildman–Crippen MR) is 85.9 cm³/mol. The van der Waals surface area contributed by atoms with Crippen molar-refractivity contribution in [2.45, 2.75) is 37.1 Å². The molecule has 0 saturated heterocycles. The van der Waals surface area contributed by atoms with Gasteiger partial charge in [-0.15, -0.1) is 24.0 Å². The van der Waals surface area contributed by atoms with Crippen LogP contribution in [0.25, 0.3) is 0 Å². The minimum absolute atomic E-state index is 0.00227. The Balaban J connectivity index is 1.82. The molecular formula is C16H17NOS2. The Morgan fingerprint density at radius 3 is 3.10 bits per heavy atom. The maximum absolute atomic E-state index is 12.5. The van der Waals surface area contributed by atoms with Crippen molar-refractivity contribution in [3.8, 4) is 0 Å². The Hall–Kier alpha value is -1.26. The van der Waals surface area contributed by atoms with E-state index in [-0.39, 0.29) is 11.9 Å². The highest BCUT2D eigenvalue weighted by Crippen LogP contribution is 2.33. The van der Waals surface area contributed by atoms with Crippen molar-refractivity contribution >= 4 is 29.9 Å². The van der Waals surface area contributed by atoms with E-state index >= 15 is 0 Å². The lowest BCUT2D eigenvalue weighted by molar-refractivity contribution is 0.0932. The van der Waals surface area contributed by atoms with E-state index in [2.05, 4.69) is 29.4 Å². The van der Waals surface area contributed by atoms with E-state index in [9.17, 15) is 4.79 Å². The lowest BCUT2D eigenvalue weighted by Crippen LogP contribution is -2.30. The van der Waals surface area contributed by atoms with Crippen molar-refractivity contribution in [1.29, 1.82) is 0 Å². The second-order valence-electron chi connectivity index (χ2n) is 5.22. The number of thiophene rings is 1. The summed E-state index contributed by atoms with van der Waals surface area (Å²) in [7, 11) is 0. The van der Waals surface area contributed by atoms with E-state index in [4.69, 9.17) is 0 Å². The number of aryl methyl sites for hydroxylation is 2. The standard InChI is InChI=1S/C16H17NOS2/c1-10-5-6-11(19)9-13(10)16(18)17-14-3-2-4-15-12(14)7-8-20-15/h5-9,14,19H,2-4H2,1H3,(H,17,18). The number of hydrogen-bond acceptors (Lipinski definition) is 3. The van der Waals surface area contributed by atoms with Crippen LogP contribution < -0.4 is 5.32 Å². The molecule has 0 aliphatic heterocycles. The van der Waals surface area contributed by atoms with E-state index in [0.29, 0.717) is 0 Å². The van der Waals surface area contributed by atoms with Crippen molar-refractivity contribution < 1.29 is 4.79 Å². The lowest BCUT2D eigenvalue weighted by Gasteiger charge is -2.24. The van der Waals surface area contributed by atoms with Gasteiger partial charge in [-0.25, -0.2) is 0 Å². The number of carbonyl (C=O) groups is 1. The first-order chi connectivity index (χ1) is 9.65. The van der Waals surface area contributed by atoms with Gasteiger partial charge in [-0.3, -0.25) is 4.79 Å². The van der Waals surface area contributed by atoms with Gasteiger partial charge in [0.05, 0.1) is 6.04 Å². The molecule has 2 nitrogen and oxygen atoms in total. The summed E-state index contributed by atoms with van der Waals surface area (Å²) in [4.78, 5) is 14.7. The van der Waals surface area contributed by atoms with Crippen LogP contribution >= 0.6 is 24.0 Å². The van der Waals surface area contributed by atoms with Crippen molar-refractivity contribution in [1.82, 2.24) is 5.32 Å². The van der Waals surface area contributed by atoms with Crippen molar-refractivity contribution in [3.63, 3.8) is 0 Å². The van der Waals surface area contributed by atoms with E-state index in [1.165, 1.54) is 10.4 Å². The highest BCUT2D eigenvalue weighted by molar-refractivity contribution is 7.80. The van der Waals surface area contributed by atoms with E-state index < -0.39 is 0 Å². The number of thiol groups is 1. The van der Waals surface area contributed by atoms with Gasteiger partial charge in [0.25, 0.3) is 5.91 Å². The molecule has 0 saturated carbocycles. The molecule has 1 amide bonds. The molecule has 0 bridgehead atoms. The molecule has 1 aromatic carbocycles. The number of fused-ring (bicyclic) bond motifs is 1. The van der Waals surface area contributed by atoms with Crippen LogP contribution in [0.3, 0.4) is 0 Å². The fraction of sp³-hybridized carbons (Fsp3) is 0.312. The fourth-order valence-corrected chi connectivity index (χ4v) is 3.92. The maximum atomic E-state index is 12.5.